The molecule has 6 heteroatoms. The molecular weight excluding hydrogens is 336 g/mol. The summed E-state index contributed by atoms with van der Waals surface area (Å²) in [4.78, 5) is 12.1. The highest BCUT2D eigenvalue weighted by Gasteiger charge is 2.18. The maximum atomic E-state index is 12.1. The fourth-order valence-corrected chi connectivity index (χ4v) is 3.97. The normalized spacial score (nSPS) is 20.2. The van der Waals surface area contributed by atoms with Crippen molar-refractivity contribution in [1.29, 1.82) is 0 Å². The smallest absolute Gasteiger partial charge is 0.252 e. The molecule has 140 valence electrons. The number of rotatable bonds is 3. The van der Waals surface area contributed by atoms with Gasteiger partial charge in [0, 0.05) is 17.0 Å². The highest BCUT2D eigenvalue weighted by molar-refractivity contribution is 7.79. The summed E-state index contributed by atoms with van der Waals surface area (Å²) in [5.74, 6) is -0.290. The summed E-state index contributed by atoms with van der Waals surface area (Å²) in [5.41, 5.74) is 5.87. The molecule has 0 aliphatic heterocycles. The van der Waals surface area contributed by atoms with Crippen LogP contribution >= 0.6 is 0 Å². The van der Waals surface area contributed by atoms with Crippen LogP contribution < -0.4 is 11.1 Å². The van der Waals surface area contributed by atoms with E-state index in [0.717, 1.165) is 25.7 Å². The summed E-state index contributed by atoms with van der Waals surface area (Å²) < 4.78 is 22.1. The molecule has 0 saturated heterocycles. The SMILES string of the molecule is NC1CCCCC1.O=C(NC1CCCCC1)c1ccccc1S(=O)[O-]. The minimum absolute atomic E-state index is 0.0609. The molecule has 1 aromatic rings. The van der Waals surface area contributed by atoms with E-state index in [1.165, 1.54) is 44.6 Å². The zero-order valence-corrected chi connectivity index (χ0v) is 15.6. The summed E-state index contributed by atoms with van der Waals surface area (Å²) in [7, 11) is 0. The number of amides is 1. The molecule has 0 aromatic heterocycles. The third-order valence-corrected chi connectivity index (χ3v) is 5.62. The lowest BCUT2D eigenvalue weighted by atomic mass is 9.95. The molecule has 3 N–H and O–H groups in total. The van der Waals surface area contributed by atoms with Gasteiger partial charge >= 0.3 is 0 Å². The first-order valence-corrected chi connectivity index (χ1v) is 10.4. The first-order valence-electron chi connectivity index (χ1n) is 9.32. The quantitative estimate of drug-likeness (QED) is 0.804. The Balaban J connectivity index is 0.000000269. The lowest BCUT2D eigenvalue weighted by Crippen LogP contribution is -2.36. The first-order chi connectivity index (χ1) is 12.1. The fourth-order valence-electron chi connectivity index (χ4n) is 3.44. The number of nitrogens with one attached hydrogen (secondary N) is 1. The van der Waals surface area contributed by atoms with Crippen LogP contribution in [0.15, 0.2) is 29.2 Å². The fraction of sp³-hybridized carbons (Fsp3) is 0.632. The van der Waals surface area contributed by atoms with E-state index >= 15 is 0 Å². The predicted octanol–water partition coefficient (Wildman–Crippen LogP) is 3.26. The zero-order chi connectivity index (χ0) is 18.1. The predicted molar refractivity (Wildman–Crippen MR) is 99.0 cm³/mol. The third-order valence-electron chi connectivity index (χ3n) is 4.90. The molecule has 1 aromatic carbocycles. The maximum Gasteiger partial charge on any atom is 0.252 e. The Morgan fingerprint density at radius 1 is 1.00 bits per heavy atom. The van der Waals surface area contributed by atoms with Crippen molar-refractivity contribution in [3.63, 3.8) is 0 Å². The van der Waals surface area contributed by atoms with E-state index in [4.69, 9.17) is 5.73 Å². The van der Waals surface area contributed by atoms with Gasteiger partial charge in [-0.2, -0.15) is 0 Å². The van der Waals surface area contributed by atoms with Crippen molar-refractivity contribution in [3.8, 4) is 0 Å². The molecule has 5 nitrogen and oxygen atoms in total. The Bertz CT molecular complexity index is 568. The van der Waals surface area contributed by atoms with E-state index in [0.29, 0.717) is 6.04 Å². The van der Waals surface area contributed by atoms with Gasteiger partial charge in [0.1, 0.15) is 0 Å². The van der Waals surface area contributed by atoms with Crippen LogP contribution in [-0.2, 0) is 11.1 Å². The lowest BCUT2D eigenvalue weighted by Gasteiger charge is -2.23. The third kappa shape index (κ3) is 6.88. The van der Waals surface area contributed by atoms with Crippen LogP contribution in [0.3, 0.4) is 0 Å². The van der Waals surface area contributed by atoms with Crippen LogP contribution in [-0.4, -0.2) is 26.8 Å². The molecule has 2 aliphatic carbocycles. The Hall–Kier alpha value is -1.24. The first kappa shape index (κ1) is 20.1. The molecule has 1 unspecified atom stereocenters. The molecule has 0 spiro atoms. The second-order valence-corrected chi connectivity index (χ2v) is 7.85. The molecule has 1 atom stereocenters. The van der Waals surface area contributed by atoms with E-state index in [2.05, 4.69) is 5.32 Å². The van der Waals surface area contributed by atoms with E-state index < -0.39 is 11.1 Å². The minimum atomic E-state index is -2.38. The standard InChI is InChI=1S/C13H17NO3S.C6H13N/c15-13(14-10-6-2-1-3-7-10)11-8-4-5-9-12(11)18(16)17;7-6-4-2-1-3-5-6/h4-5,8-10H,1-3,6-7H2,(H,14,15)(H,16,17);6H,1-5,7H2/p-1. The van der Waals surface area contributed by atoms with E-state index in [1.807, 2.05) is 0 Å². The summed E-state index contributed by atoms with van der Waals surface area (Å²) in [6.07, 6.45) is 12.1. The molecule has 0 heterocycles. The Morgan fingerprint density at radius 3 is 2.08 bits per heavy atom. The number of carbonyl (C=O) groups is 1. The van der Waals surface area contributed by atoms with Gasteiger partial charge in [0.2, 0.25) is 0 Å². The van der Waals surface area contributed by atoms with Crippen molar-refractivity contribution >= 4 is 17.0 Å². The monoisotopic (exact) mass is 365 g/mol. The molecule has 3 rings (SSSR count). The molecule has 0 bridgehead atoms. The summed E-state index contributed by atoms with van der Waals surface area (Å²) >= 11 is -2.38. The van der Waals surface area contributed by atoms with E-state index in [9.17, 15) is 13.6 Å². The molecule has 0 radical (unpaired) electrons. The second kappa shape index (κ2) is 10.7. The summed E-state index contributed by atoms with van der Waals surface area (Å²) in [6.45, 7) is 0. The highest BCUT2D eigenvalue weighted by atomic mass is 32.2. The largest absolute Gasteiger partial charge is 0.768 e. The Morgan fingerprint density at radius 2 is 1.56 bits per heavy atom. The summed E-state index contributed by atoms with van der Waals surface area (Å²) in [5, 5.41) is 2.92. The number of benzene rings is 1. The van der Waals surface area contributed by atoms with Gasteiger partial charge in [-0.05, 0) is 48.9 Å². The van der Waals surface area contributed by atoms with Crippen LogP contribution in [0.1, 0.15) is 74.6 Å². The molecular formula is C19H29N2O3S-. The van der Waals surface area contributed by atoms with Crippen LogP contribution in [0.4, 0.5) is 0 Å². The van der Waals surface area contributed by atoms with Crippen molar-refractivity contribution in [2.75, 3.05) is 0 Å². The Labute approximate surface area is 153 Å². The maximum absolute atomic E-state index is 12.1. The number of hydrogen-bond acceptors (Lipinski definition) is 4. The number of carbonyl (C=O) groups excluding carboxylic acids is 1. The molecule has 25 heavy (non-hydrogen) atoms. The zero-order valence-electron chi connectivity index (χ0n) is 14.7. The van der Waals surface area contributed by atoms with Crippen molar-refractivity contribution in [2.45, 2.75) is 81.2 Å². The average Bonchev–Trinajstić information content (AvgIpc) is 2.63. The molecule has 2 saturated carbocycles. The van der Waals surface area contributed by atoms with Crippen molar-refractivity contribution in [1.82, 2.24) is 5.32 Å². The van der Waals surface area contributed by atoms with Crippen molar-refractivity contribution in [3.05, 3.63) is 29.8 Å². The van der Waals surface area contributed by atoms with Crippen molar-refractivity contribution < 1.29 is 13.6 Å². The van der Waals surface area contributed by atoms with E-state index in [-0.39, 0.29) is 22.4 Å². The van der Waals surface area contributed by atoms with Crippen LogP contribution in [0.25, 0.3) is 0 Å². The van der Waals surface area contributed by atoms with Gasteiger partial charge < -0.3 is 15.6 Å². The minimum Gasteiger partial charge on any atom is -0.768 e. The highest BCUT2D eigenvalue weighted by Crippen LogP contribution is 2.19. The van der Waals surface area contributed by atoms with Gasteiger partial charge in [-0.25, -0.2) is 0 Å². The number of nitrogens with two attached hydrogens (primary N) is 1. The van der Waals surface area contributed by atoms with Gasteiger partial charge in [0.25, 0.3) is 5.91 Å². The molecule has 1 amide bonds. The van der Waals surface area contributed by atoms with Crippen LogP contribution in [0, 0.1) is 0 Å². The number of hydrogen-bond donors (Lipinski definition) is 2. The van der Waals surface area contributed by atoms with Gasteiger partial charge in [-0.3, -0.25) is 9.00 Å². The molecule has 2 fully saturated rings. The van der Waals surface area contributed by atoms with Crippen LogP contribution in [0.2, 0.25) is 0 Å². The van der Waals surface area contributed by atoms with Gasteiger partial charge in [-0.1, -0.05) is 50.7 Å². The second-order valence-electron chi connectivity index (χ2n) is 6.94. The van der Waals surface area contributed by atoms with Gasteiger partial charge in [0.05, 0.1) is 5.56 Å². The van der Waals surface area contributed by atoms with Gasteiger partial charge in [-0.15, -0.1) is 0 Å². The average molecular weight is 366 g/mol. The van der Waals surface area contributed by atoms with Crippen LogP contribution in [0.5, 0.6) is 0 Å². The van der Waals surface area contributed by atoms with E-state index in [1.54, 1.807) is 18.2 Å². The van der Waals surface area contributed by atoms with Crippen molar-refractivity contribution in [2.24, 2.45) is 5.73 Å². The summed E-state index contributed by atoms with van der Waals surface area (Å²) in [6, 6.07) is 6.99. The molecule has 2 aliphatic rings. The lowest BCUT2D eigenvalue weighted by molar-refractivity contribution is 0.0924. The van der Waals surface area contributed by atoms with Gasteiger partial charge in [0.15, 0.2) is 0 Å². The topological polar surface area (TPSA) is 95.2 Å². The Kier molecular flexibility index (Phi) is 8.58.